The van der Waals surface area contributed by atoms with Crippen LogP contribution in [0.4, 0.5) is 0 Å². The summed E-state index contributed by atoms with van der Waals surface area (Å²) in [6, 6.07) is 11.3. The number of hydrogen-bond acceptors (Lipinski definition) is 4. The summed E-state index contributed by atoms with van der Waals surface area (Å²) >= 11 is 14.1. The molecule has 4 nitrogen and oxygen atoms in total. The number of allylic oxidation sites excluding steroid dienone is 1. The van der Waals surface area contributed by atoms with Crippen LogP contribution in [0.5, 0.6) is 5.75 Å². The number of nitrogens with one attached hydrogen (secondary N) is 1. The van der Waals surface area contributed by atoms with Crippen molar-refractivity contribution < 1.29 is 13.9 Å². The normalized spacial score (nSPS) is 11.7. The van der Waals surface area contributed by atoms with E-state index >= 15 is 0 Å². The highest BCUT2D eigenvalue weighted by atomic mass is 35.5. The first-order valence-corrected chi connectivity index (χ1v) is 11.6. The molecule has 0 fully saturated rings. The summed E-state index contributed by atoms with van der Waals surface area (Å²) in [5.74, 6) is 0.504. The number of carbonyl (C=O) groups excluding carboxylic acids is 1. The molecule has 0 aliphatic rings. The molecular formula is C25H21Cl2NO3S. The molecule has 4 rings (SSSR count). The third-order valence-corrected chi connectivity index (χ3v) is 6.68. The highest BCUT2D eigenvalue weighted by Gasteiger charge is 2.20. The lowest BCUT2D eigenvalue weighted by Gasteiger charge is -2.13. The number of furan rings is 1. The van der Waals surface area contributed by atoms with Crippen molar-refractivity contribution in [2.45, 2.75) is 20.4 Å². The third-order valence-electron chi connectivity index (χ3n) is 5.26. The van der Waals surface area contributed by atoms with Crippen molar-refractivity contribution in [1.29, 1.82) is 0 Å². The van der Waals surface area contributed by atoms with Crippen LogP contribution in [0.2, 0.25) is 10.0 Å². The van der Waals surface area contributed by atoms with Crippen molar-refractivity contribution in [3.63, 3.8) is 0 Å². The molecule has 1 amide bonds. The quantitative estimate of drug-likeness (QED) is 0.287. The zero-order valence-corrected chi connectivity index (χ0v) is 20.1. The maximum Gasteiger partial charge on any atom is 0.244 e. The van der Waals surface area contributed by atoms with Gasteiger partial charge in [0.15, 0.2) is 0 Å². The van der Waals surface area contributed by atoms with Crippen molar-refractivity contribution in [1.82, 2.24) is 5.32 Å². The molecule has 0 bridgehead atoms. The van der Waals surface area contributed by atoms with Crippen LogP contribution in [0.15, 0.2) is 58.5 Å². The summed E-state index contributed by atoms with van der Waals surface area (Å²) in [4.78, 5) is 13.6. The highest BCUT2D eigenvalue weighted by Crippen LogP contribution is 2.42. The number of ether oxygens (including phenoxy) is 1. The van der Waals surface area contributed by atoms with E-state index < -0.39 is 0 Å². The topological polar surface area (TPSA) is 51.5 Å². The van der Waals surface area contributed by atoms with Gasteiger partial charge in [0.1, 0.15) is 11.3 Å². The minimum absolute atomic E-state index is 0.163. The average Bonchev–Trinajstić information content (AvgIpc) is 3.42. The van der Waals surface area contributed by atoms with E-state index in [1.807, 2.05) is 43.5 Å². The lowest BCUT2D eigenvalue weighted by molar-refractivity contribution is -0.116. The molecule has 32 heavy (non-hydrogen) atoms. The van der Waals surface area contributed by atoms with Crippen LogP contribution in [0.25, 0.3) is 27.7 Å². The Balaban J connectivity index is 1.75. The number of hydrogen-bond donors (Lipinski definition) is 1. The predicted octanol–water partition coefficient (Wildman–Crippen LogP) is 7.50. The van der Waals surface area contributed by atoms with Crippen LogP contribution < -0.4 is 10.1 Å². The van der Waals surface area contributed by atoms with E-state index in [4.69, 9.17) is 32.4 Å². The summed E-state index contributed by atoms with van der Waals surface area (Å²) in [6.45, 7) is 4.32. The van der Waals surface area contributed by atoms with E-state index in [0.717, 1.165) is 38.1 Å². The van der Waals surface area contributed by atoms with Gasteiger partial charge in [-0.25, -0.2) is 0 Å². The van der Waals surface area contributed by atoms with Crippen molar-refractivity contribution in [2.24, 2.45) is 0 Å². The Morgan fingerprint density at radius 3 is 2.72 bits per heavy atom. The van der Waals surface area contributed by atoms with Gasteiger partial charge in [0.25, 0.3) is 0 Å². The maximum absolute atomic E-state index is 12.5. The minimum Gasteiger partial charge on any atom is -0.496 e. The molecule has 4 aromatic rings. The highest BCUT2D eigenvalue weighted by molar-refractivity contribution is 7.09. The SMILES string of the molecule is COc1c(/C(C)=C/C(=O)NCc2cccs2)cc2c(-c3ccc(Cl)cc3Cl)coc2c1C. The summed E-state index contributed by atoms with van der Waals surface area (Å²) in [5, 5.41) is 6.90. The van der Waals surface area contributed by atoms with Gasteiger partial charge in [-0.15, -0.1) is 11.3 Å². The molecule has 0 aliphatic carbocycles. The van der Waals surface area contributed by atoms with E-state index in [1.165, 1.54) is 0 Å². The second kappa shape index (κ2) is 9.41. The van der Waals surface area contributed by atoms with Crippen molar-refractivity contribution in [2.75, 3.05) is 7.11 Å². The number of amides is 1. The van der Waals surface area contributed by atoms with Crippen LogP contribution in [0.1, 0.15) is 22.9 Å². The number of methoxy groups -OCH3 is 1. The van der Waals surface area contributed by atoms with E-state index in [0.29, 0.717) is 27.9 Å². The fraction of sp³-hybridized carbons (Fsp3) is 0.160. The molecule has 0 atom stereocenters. The van der Waals surface area contributed by atoms with Crippen LogP contribution >= 0.6 is 34.5 Å². The number of carbonyl (C=O) groups is 1. The average molecular weight is 486 g/mol. The molecule has 0 radical (unpaired) electrons. The van der Waals surface area contributed by atoms with Gasteiger partial charge < -0.3 is 14.5 Å². The Bertz CT molecular complexity index is 1320. The third kappa shape index (κ3) is 4.42. The maximum atomic E-state index is 12.5. The molecule has 0 spiro atoms. The van der Waals surface area contributed by atoms with Crippen LogP contribution in [0, 0.1) is 6.92 Å². The first kappa shape index (κ1) is 22.5. The smallest absolute Gasteiger partial charge is 0.244 e. The second-order valence-electron chi connectivity index (χ2n) is 7.36. The largest absolute Gasteiger partial charge is 0.496 e. The molecule has 2 aromatic heterocycles. The molecule has 2 aromatic carbocycles. The van der Waals surface area contributed by atoms with Gasteiger partial charge in [0.05, 0.1) is 24.9 Å². The van der Waals surface area contributed by atoms with E-state index in [-0.39, 0.29) is 5.91 Å². The Morgan fingerprint density at radius 1 is 1.22 bits per heavy atom. The number of halogens is 2. The summed E-state index contributed by atoms with van der Waals surface area (Å²) in [5.41, 5.74) is 4.83. The van der Waals surface area contributed by atoms with Crippen LogP contribution in [-0.4, -0.2) is 13.0 Å². The zero-order valence-electron chi connectivity index (χ0n) is 17.8. The number of aryl methyl sites for hydroxylation is 1. The van der Waals surface area contributed by atoms with Gasteiger partial charge in [-0.3, -0.25) is 4.79 Å². The minimum atomic E-state index is -0.163. The van der Waals surface area contributed by atoms with Gasteiger partial charge in [-0.1, -0.05) is 35.3 Å². The second-order valence-corrected chi connectivity index (χ2v) is 9.23. The van der Waals surface area contributed by atoms with Crippen molar-refractivity contribution in [3.8, 4) is 16.9 Å². The number of rotatable bonds is 6. The lowest BCUT2D eigenvalue weighted by Crippen LogP contribution is -2.20. The van der Waals surface area contributed by atoms with Gasteiger partial charge in [-0.2, -0.15) is 0 Å². The van der Waals surface area contributed by atoms with E-state index in [2.05, 4.69) is 5.32 Å². The summed E-state index contributed by atoms with van der Waals surface area (Å²) in [7, 11) is 1.61. The summed E-state index contributed by atoms with van der Waals surface area (Å²) < 4.78 is 11.6. The van der Waals surface area contributed by atoms with Gasteiger partial charge in [0, 0.05) is 43.6 Å². The molecule has 164 valence electrons. The van der Waals surface area contributed by atoms with Crippen molar-refractivity contribution >= 4 is 57.0 Å². The van der Waals surface area contributed by atoms with Crippen LogP contribution in [0.3, 0.4) is 0 Å². The molecule has 0 saturated heterocycles. The van der Waals surface area contributed by atoms with Gasteiger partial charge >= 0.3 is 0 Å². The Labute approximate surface area is 200 Å². The van der Waals surface area contributed by atoms with Gasteiger partial charge in [-0.05, 0) is 49.1 Å². The number of benzene rings is 2. The molecule has 2 heterocycles. The van der Waals surface area contributed by atoms with Crippen LogP contribution in [-0.2, 0) is 11.3 Å². The first-order chi connectivity index (χ1) is 15.4. The molecule has 0 saturated carbocycles. The summed E-state index contributed by atoms with van der Waals surface area (Å²) in [6.07, 6.45) is 3.27. The lowest BCUT2D eigenvalue weighted by atomic mass is 9.96. The Kier molecular flexibility index (Phi) is 6.60. The monoisotopic (exact) mass is 485 g/mol. The van der Waals surface area contributed by atoms with Crippen molar-refractivity contribution in [3.05, 3.63) is 80.2 Å². The standard InChI is InChI=1S/C25H21Cl2NO3S/c1-14(9-23(29)28-12-17-5-4-8-32-17)19-11-20-21(18-7-6-16(26)10-22(18)27)13-31-25(20)15(2)24(19)30-3/h4-11,13H,12H2,1-3H3,(H,28,29)/b14-9+. The predicted molar refractivity (Wildman–Crippen MR) is 133 cm³/mol. The van der Waals surface area contributed by atoms with E-state index in [9.17, 15) is 4.79 Å². The zero-order chi connectivity index (χ0) is 22.8. The molecule has 0 unspecified atom stereocenters. The fourth-order valence-electron chi connectivity index (χ4n) is 3.70. The molecule has 0 aliphatic heterocycles. The first-order valence-electron chi connectivity index (χ1n) is 9.92. The molecular weight excluding hydrogens is 465 g/mol. The molecule has 1 N–H and O–H groups in total. The number of thiophene rings is 1. The fourth-order valence-corrected chi connectivity index (χ4v) is 4.86. The van der Waals surface area contributed by atoms with E-state index in [1.54, 1.807) is 42.9 Å². The van der Waals surface area contributed by atoms with Gasteiger partial charge in [0.2, 0.25) is 5.91 Å². The molecule has 7 heteroatoms. The Hall–Kier alpha value is -2.73. The Morgan fingerprint density at radius 2 is 2.03 bits per heavy atom. The number of fused-ring (bicyclic) bond motifs is 1.